The monoisotopic (exact) mass is 251 g/mol. The van der Waals surface area contributed by atoms with Crippen LogP contribution < -0.4 is 5.73 Å². The second-order valence-corrected chi connectivity index (χ2v) is 6.25. The summed E-state index contributed by atoms with van der Waals surface area (Å²) in [5.41, 5.74) is 5.60. The Hall–Kier alpha value is -0.610. The molecular formula is C14H25N3O. The standard InChI is InChI=1S/C14H25N3O/c15-11-14(5-6-14)13(18)17-9-3-12(4-10-17)16-7-1-2-8-16/h12H,1-11,15H2. The van der Waals surface area contributed by atoms with Crippen LogP contribution >= 0.6 is 0 Å². The zero-order valence-electron chi connectivity index (χ0n) is 11.2. The van der Waals surface area contributed by atoms with Crippen molar-refractivity contribution in [2.45, 2.75) is 44.6 Å². The van der Waals surface area contributed by atoms with Gasteiger partial charge in [-0.05, 0) is 51.6 Å². The van der Waals surface area contributed by atoms with Gasteiger partial charge in [0.15, 0.2) is 0 Å². The number of hydrogen-bond acceptors (Lipinski definition) is 3. The van der Waals surface area contributed by atoms with Crippen molar-refractivity contribution in [1.29, 1.82) is 0 Å². The number of likely N-dealkylation sites (tertiary alicyclic amines) is 2. The van der Waals surface area contributed by atoms with Gasteiger partial charge in [0.25, 0.3) is 0 Å². The fourth-order valence-corrected chi connectivity index (χ4v) is 3.53. The van der Waals surface area contributed by atoms with E-state index in [1.54, 1.807) is 0 Å². The van der Waals surface area contributed by atoms with Gasteiger partial charge in [0.1, 0.15) is 0 Å². The van der Waals surface area contributed by atoms with E-state index in [-0.39, 0.29) is 5.41 Å². The molecule has 0 spiro atoms. The van der Waals surface area contributed by atoms with E-state index in [0.717, 1.165) is 44.8 Å². The average molecular weight is 251 g/mol. The fraction of sp³-hybridized carbons (Fsp3) is 0.929. The third-order valence-electron chi connectivity index (χ3n) is 5.11. The topological polar surface area (TPSA) is 49.6 Å². The van der Waals surface area contributed by atoms with Gasteiger partial charge in [-0.1, -0.05) is 0 Å². The summed E-state index contributed by atoms with van der Waals surface area (Å²) >= 11 is 0. The largest absolute Gasteiger partial charge is 0.342 e. The van der Waals surface area contributed by atoms with Gasteiger partial charge in [0, 0.05) is 25.7 Å². The SMILES string of the molecule is NCC1(C(=O)N2CCC(N3CCCC3)CC2)CC1. The summed E-state index contributed by atoms with van der Waals surface area (Å²) in [5.74, 6) is 0.338. The molecule has 0 aromatic heterocycles. The van der Waals surface area contributed by atoms with Gasteiger partial charge in [-0.25, -0.2) is 0 Å². The molecule has 0 bridgehead atoms. The lowest BCUT2D eigenvalue weighted by Gasteiger charge is -2.38. The first kappa shape index (κ1) is 12.4. The number of piperidine rings is 1. The van der Waals surface area contributed by atoms with Gasteiger partial charge < -0.3 is 15.5 Å². The Morgan fingerprint density at radius 1 is 1.11 bits per heavy atom. The highest BCUT2D eigenvalue weighted by atomic mass is 16.2. The van der Waals surface area contributed by atoms with Gasteiger partial charge in [-0.2, -0.15) is 0 Å². The van der Waals surface area contributed by atoms with Gasteiger partial charge >= 0.3 is 0 Å². The van der Waals surface area contributed by atoms with E-state index >= 15 is 0 Å². The molecule has 18 heavy (non-hydrogen) atoms. The van der Waals surface area contributed by atoms with Crippen LogP contribution in [-0.4, -0.2) is 54.5 Å². The molecule has 2 heterocycles. The minimum atomic E-state index is -0.152. The zero-order chi connectivity index (χ0) is 12.6. The van der Waals surface area contributed by atoms with Crippen LogP contribution in [0.5, 0.6) is 0 Å². The summed E-state index contributed by atoms with van der Waals surface area (Å²) in [6, 6.07) is 0.726. The third kappa shape index (κ3) is 2.16. The maximum atomic E-state index is 12.4. The molecule has 2 N–H and O–H groups in total. The number of hydrogen-bond donors (Lipinski definition) is 1. The molecule has 0 aromatic carbocycles. The van der Waals surface area contributed by atoms with E-state index in [0.29, 0.717) is 12.5 Å². The normalized spacial score (nSPS) is 28.6. The summed E-state index contributed by atoms with van der Waals surface area (Å²) in [6.45, 7) is 4.97. The molecule has 4 heteroatoms. The van der Waals surface area contributed by atoms with Crippen molar-refractivity contribution in [2.24, 2.45) is 11.1 Å². The highest BCUT2D eigenvalue weighted by molar-refractivity contribution is 5.85. The van der Waals surface area contributed by atoms with Crippen LogP contribution in [0.1, 0.15) is 38.5 Å². The van der Waals surface area contributed by atoms with Gasteiger partial charge in [0.2, 0.25) is 5.91 Å². The van der Waals surface area contributed by atoms with Crippen molar-refractivity contribution in [3.05, 3.63) is 0 Å². The molecule has 2 saturated heterocycles. The van der Waals surface area contributed by atoms with Gasteiger partial charge in [-0.15, -0.1) is 0 Å². The Morgan fingerprint density at radius 2 is 1.72 bits per heavy atom. The number of nitrogens with zero attached hydrogens (tertiary/aromatic N) is 2. The molecule has 102 valence electrons. The molecule has 1 saturated carbocycles. The Morgan fingerprint density at radius 3 is 2.22 bits per heavy atom. The summed E-state index contributed by atoms with van der Waals surface area (Å²) in [5, 5.41) is 0. The molecule has 2 aliphatic heterocycles. The van der Waals surface area contributed by atoms with Crippen molar-refractivity contribution in [1.82, 2.24) is 9.80 Å². The van der Waals surface area contributed by atoms with E-state index in [9.17, 15) is 4.79 Å². The lowest BCUT2D eigenvalue weighted by molar-refractivity contribution is -0.138. The Labute approximate surface area is 109 Å². The predicted octanol–water partition coefficient (Wildman–Crippen LogP) is 0.812. The molecule has 0 aromatic rings. The van der Waals surface area contributed by atoms with E-state index in [4.69, 9.17) is 5.73 Å². The third-order valence-corrected chi connectivity index (χ3v) is 5.11. The van der Waals surface area contributed by atoms with Gasteiger partial charge in [0.05, 0.1) is 5.41 Å². The number of rotatable bonds is 3. The fourth-order valence-electron chi connectivity index (χ4n) is 3.53. The van der Waals surface area contributed by atoms with Crippen molar-refractivity contribution in [3.8, 4) is 0 Å². The van der Waals surface area contributed by atoms with Crippen LogP contribution in [0.15, 0.2) is 0 Å². The summed E-state index contributed by atoms with van der Waals surface area (Å²) in [6.07, 6.45) is 7.05. The number of carbonyl (C=O) groups excluding carboxylic acids is 1. The average Bonchev–Trinajstić information content (AvgIpc) is 3.04. The van der Waals surface area contributed by atoms with Crippen molar-refractivity contribution < 1.29 is 4.79 Å². The first-order valence-corrected chi connectivity index (χ1v) is 7.49. The molecular weight excluding hydrogens is 226 g/mol. The smallest absolute Gasteiger partial charge is 0.230 e. The summed E-state index contributed by atoms with van der Waals surface area (Å²) in [7, 11) is 0. The minimum Gasteiger partial charge on any atom is -0.342 e. The Balaban J connectivity index is 1.52. The molecule has 0 unspecified atom stereocenters. The first-order valence-electron chi connectivity index (χ1n) is 7.49. The Kier molecular flexibility index (Phi) is 3.32. The van der Waals surface area contributed by atoms with Crippen LogP contribution in [0.4, 0.5) is 0 Å². The predicted molar refractivity (Wildman–Crippen MR) is 71.1 cm³/mol. The highest BCUT2D eigenvalue weighted by Gasteiger charge is 2.50. The highest BCUT2D eigenvalue weighted by Crippen LogP contribution is 2.46. The summed E-state index contributed by atoms with van der Waals surface area (Å²) in [4.78, 5) is 17.1. The number of carbonyl (C=O) groups is 1. The minimum absolute atomic E-state index is 0.152. The van der Waals surface area contributed by atoms with E-state index in [2.05, 4.69) is 9.80 Å². The molecule has 1 aliphatic carbocycles. The lowest BCUT2D eigenvalue weighted by atomic mass is 9.99. The number of amides is 1. The maximum Gasteiger partial charge on any atom is 0.230 e. The molecule has 1 amide bonds. The zero-order valence-corrected chi connectivity index (χ0v) is 11.2. The van der Waals surface area contributed by atoms with Crippen molar-refractivity contribution >= 4 is 5.91 Å². The van der Waals surface area contributed by atoms with Crippen molar-refractivity contribution in [3.63, 3.8) is 0 Å². The second-order valence-electron chi connectivity index (χ2n) is 6.25. The maximum absolute atomic E-state index is 12.4. The van der Waals surface area contributed by atoms with Crippen molar-refractivity contribution in [2.75, 3.05) is 32.7 Å². The van der Waals surface area contributed by atoms with E-state index in [1.165, 1.54) is 25.9 Å². The van der Waals surface area contributed by atoms with Crippen LogP contribution in [0.25, 0.3) is 0 Å². The quantitative estimate of drug-likeness (QED) is 0.807. The van der Waals surface area contributed by atoms with Crippen LogP contribution in [0, 0.1) is 5.41 Å². The van der Waals surface area contributed by atoms with E-state index < -0.39 is 0 Å². The molecule has 3 aliphatic rings. The Bertz CT molecular complexity index is 313. The molecule has 3 rings (SSSR count). The van der Waals surface area contributed by atoms with Crippen LogP contribution in [0.2, 0.25) is 0 Å². The molecule has 4 nitrogen and oxygen atoms in total. The first-order chi connectivity index (χ1) is 8.75. The van der Waals surface area contributed by atoms with E-state index in [1.807, 2.05) is 0 Å². The molecule has 0 atom stereocenters. The van der Waals surface area contributed by atoms with Crippen LogP contribution in [0.3, 0.4) is 0 Å². The van der Waals surface area contributed by atoms with Gasteiger partial charge in [-0.3, -0.25) is 4.79 Å². The second kappa shape index (κ2) is 4.82. The van der Waals surface area contributed by atoms with Crippen LogP contribution in [-0.2, 0) is 4.79 Å². The summed E-state index contributed by atoms with van der Waals surface area (Å²) < 4.78 is 0. The molecule has 0 radical (unpaired) electrons. The lowest BCUT2D eigenvalue weighted by Crippen LogP contribution is -2.49. The molecule has 3 fully saturated rings. The number of nitrogens with two attached hydrogens (primary N) is 1.